The molecule has 1 aliphatic rings. The van der Waals surface area contributed by atoms with Gasteiger partial charge in [0.15, 0.2) is 0 Å². The molecule has 1 heterocycles. The monoisotopic (exact) mass is 423 g/mol. The van der Waals surface area contributed by atoms with Crippen molar-refractivity contribution in [1.82, 2.24) is 4.90 Å². The molecule has 1 unspecified atom stereocenters. The average molecular weight is 424 g/mol. The van der Waals surface area contributed by atoms with Gasteiger partial charge in [-0.3, -0.25) is 4.90 Å². The van der Waals surface area contributed by atoms with Crippen molar-refractivity contribution >= 4 is 10.1 Å². The number of rotatable bonds is 6. The first-order chi connectivity index (χ1) is 14.5. The van der Waals surface area contributed by atoms with Gasteiger partial charge < -0.3 is 8.92 Å². The molecule has 2 atom stereocenters. The molecular weight excluding hydrogens is 398 g/mol. The van der Waals surface area contributed by atoms with Crippen LogP contribution in [0.15, 0.2) is 89.8 Å². The minimum Gasteiger partial charge on any atom is -0.379 e. The SMILES string of the molecule is CC(c1ccccc1)N1CCO[C@@H](c2ccc(OS(=O)(=O)c3ccccc3)cc2)C1. The standard InChI is InChI=1S/C24H25NO4S/c1-19(20-8-4-2-5-9-20)25-16-17-28-24(18-25)21-12-14-22(15-13-21)29-30(26,27)23-10-6-3-7-11-23/h2-15,19,24H,16-18H2,1H3/t19?,24-/m1/s1. The van der Waals surface area contributed by atoms with E-state index >= 15 is 0 Å². The molecule has 0 N–H and O–H groups in total. The molecule has 3 aromatic carbocycles. The topological polar surface area (TPSA) is 55.8 Å². The molecular formula is C24H25NO4S. The molecule has 0 radical (unpaired) electrons. The predicted octanol–water partition coefficient (Wildman–Crippen LogP) is 4.59. The van der Waals surface area contributed by atoms with Gasteiger partial charge in [0.1, 0.15) is 10.6 Å². The highest BCUT2D eigenvalue weighted by Gasteiger charge is 2.26. The van der Waals surface area contributed by atoms with E-state index in [0.717, 1.165) is 18.7 Å². The zero-order valence-electron chi connectivity index (χ0n) is 16.8. The predicted molar refractivity (Wildman–Crippen MR) is 116 cm³/mol. The second-order valence-corrected chi connectivity index (χ2v) is 8.91. The summed E-state index contributed by atoms with van der Waals surface area (Å²) in [5, 5.41) is 0. The van der Waals surface area contributed by atoms with Crippen molar-refractivity contribution in [2.75, 3.05) is 19.7 Å². The smallest absolute Gasteiger partial charge is 0.339 e. The van der Waals surface area contributed by atoms with Crippen LogP contribution in [0.4, 0.5) is 0 Å². The molecule has 0 amide bonds. The minimum atomic E-state index is -3.84. The van der Waals surface area contributed by atoms with Crippen LogP contribution in [0.2, 0.25) is 0 Å². The molecule has 0 spiro atoms. The Labute approximate surface area is 178 Å². The Morgan fingerprint density at radius 1 is 0.933 bits per heavy atom. The zero-order chi connectivity index (χ0) is 21.0. The van der Waals surface area contributed by atoms with Gasteiger partial charge in [-0.25, -0.2) is 0 Å². The van der Waals surface area contributed by atoms with Gasteiger partial charge in [0.2, 0.25) is 0 Å². The molecule has 30 heavy (non-hydrogen) atoms. The summed E-state index contributed by atoms with van der Waals surface area (Å²) >= 11 is 0. The van der Waals surface area contributed by atoms with E-state index in [4.69, 9.17) is 8.92 Å². The summed E-state index contributed by atoms with van der Waals surface area (Å²) in [7, 11) is -3.84. The van der Waals surface area contributed by atoms with E-state index in [1.165, 1.54) is 17.7 Å². The average Bonchev–Trinajstić information content (AvgIpc) is 2.80. The fourth-order valence-electron chi connectivity index (χ4n) is 3.66. The van der Waals surface area contributed by atoms with Crippen molar-refractivity contribution in [2.45, 2.75) is 24.0 Å². The highest BCUT2D eigenvalue weighted by Crippen LogP contribution is 2.30. The van der Waals surface area contributed by atoms with Crippen molar-refractivity contribution in [3.8, 4) is 5.75 Å². The maximum atomic E-state index is 12.4. The number of hydrogen-bond donors (Lipinski definition) is 0. The summed E-state index contributed by atoms with van der Waals surface area (Å²) in [4.78, 5) is 2.54. The highest BCUT2D eigenvalue weighted by molar-refractivity contribution is 7.87. The van der Waals surface area contributed by atoms with Gasteiger partial charge in [-0.05, 0) is 42.3 Å². The first-order valence-electron chi connectivity index (χ1n) is 10.0. The first kappa shape index (κ1) is 20.6. The van der Waals surface area contributed by atoms with Crippen LogP contribution >= 0.6 is 0 Å². The van der Waals surface area contributed by atoms with Gasteiger partial charge in [-0.1, -0.05) is 60.7 Å². The fourth-order valence-corrected chi connectivity index (χ4v) is 4.62. The highest BCUT2D eigenvalue weighted by atomic mass is 32.2. The maximum Gasteiger partial charge on any atom is 0.339 e. The molecule has 0 bridgehead atoms. The van der Waals surface area contributed by atoms with Crippen molar-refractivity contribution in [1.29, 1.82) is 0 Å². The Morgan fingerprint density at radius 2 is 1.57 bits per heavy atom. The van der Waals surface area contributed by atoms with Crippen LogP contribution in [0, 0.1) is 0 Å². The number of morpholine rings is 1. The summed E-state index contributed by atoms with van der Waals surface area (Å²) in [6, 6.07) is 26.0. The lowest BCUT2D eigenvalue weighted by molar-refractivity contribution is -0.0431. The van der Waals surface area contributed by atoms with Gasteiger partial charge in [-0.15, -0.1) is 0 Å². The van der Waals surface area contributed by atoms with E-state index < -0.39 is 10.1 Å². The lowest BCUT2D eigenvalue weighted by Gasteiger charge is -2.37. The zero-order valence-corrected chi connectivity index (χ0v) is 17.7. The summed E-state index contributed by atoms with van der Waals surface area (Å²) in [6.07, 6.45) is -0.0651. The second kappa shape index (κ2) is 9.00. The van der Waals surface area contributed by atoms with Crippen LogP contribution in [0.1, 0.15) is 30.2 Å². The Hall–Kier alpha value is -2.67. The fraction of sp³-hybridized carbons (Fsp3) is 0.250. The van der Waals surface area contributed by atoms with E-state index in [2.05, 4.69) is 36.1 Å². The second-order valence-electron chi connectivity index (χ2n) is 7.36. The number of hydrogen-bond acceptors (Lipinski definition) is 5. The molecule has 3 aromatic rings. The molecule has 6 heteroatoms. The normalized spacial score (nSPS) is 18.6. The Kier molecular flexibility index (Phi) is 6.18. The van der Waals surface area contributed by atoms with Crippen LogP contribution < -0.4 is 4.18 Å². The lowest BCUT2D eigenvalue weighted by atomic mass is 10.0. The molecule has 1 aliphatic heterocycles. The van der Waals surface area contributed by atoms with Crippen molar-refractivity contribution in [3.05, 3.63) is 96.1 Å². The van der Waals surface area contributed by atoms with E-state index in [-0.39, 0.29) is 16.7 Å². The molecule has 4 rings (SSSR count). The third-order valence-corrected chi connectivity index (χ3v) is 6.68. The van der Waals surface area contributed by atoms with Gasteiger partial charge >= 0.3 is 10.1 Å². The van der Waals surface area contributed by atoms with Gasteiger partial charge in [0.05, 0.1) is 12.7 Å². The summed E-state index contributed by atoms with van der Waals surface area (Å²) in [5.41, 5.74) is 2.29. The van der Waals surface area contributed by atoms with Crippen LogP contribution in [0.25, 0.3) is 0 Å². The quantitative estimate of drug-likeness (QED) is 0.543. The van der Waals surface area contributed by atoms with Gasteiger partial charge in [0, 0.05) is 19.1 Å². The van der Waals surface area contributed by atoms with Crippen LogP contribution in [0.3, 0.4) is 0 Å². The molecule has 1 fully saturated rings. The third-order valence-electron chi connectivity index (χ3n) is 5.42. The summed E-state index contributed by atoms with van der Waals surface area (Å²) in [6.45, 7) is 4.52. The molecule has 0 aromatic heterocycles. The lowest BCUT2D eigenvalue weighted by Crippen LogP contribution is -2.39. The summed E-state index contributed by atoms with van der Waals surface area (Å²) < 4.78 is 36.0. The van der Waals surface area contributed by atoms with Crippen molar-refractivity contribution in [2.24, 2.45) is 0 Å². The molecule has 5 nitrogen and oxygen atoms in total. The molecule has 1 saturated heterocycles. The minimum absolute atomic E-state index is 0.0651. The van der Waals surface area contributed by atoms with Gasteiger partial charge in [-0.2, -0.15) is 8.42 Å². The summed E-state index contributed by atoms with van der Waals surface area (Å²) in [5.74, 6) is 0.285. The number of benzene rings is 3. The van der Waals surface area contributed by atoms with E-state index in [0.29, 0.717) is 12.6 Å². The molecule has 0 saturated carbocycles. The Bertz CT molecular complexity index is 1050. The maximum absolute atomic E-state index is 12.4. The largest absolute Gasteiger partial charge is 0.379 e. The van der Waals surface area contributed by atoms with Crippen LogP contribution in [-0.4, -0.2) is 33.0 Å². The van der Waals surface area contributed by atoms with E-state index in [1.807, 2.05) is 18.2 Å². The van der Waals surface area contributed by atoms with Crippen LogP contribution in [-0.2, 0) is 14.9 Å². The van der Waals surface area contributed by atoms with Crippen molar-refractivity contribution in [3.63, 3.8) is 0 Å². The van der Waals surface area contributed by atoms with Crippen LogP contribution in [0.5, 0.6) is 5.75 Å². The van der Waals surface area contributed by atoms with E-state index in [1.54, 1.807) is 30.3 Å². The molecule has 156 valence electrons. The Morgan fingerprint density at radius 3 is 2.23 bits per heavy atom. The number of ether oxygens (including phenoxy) is 1. The van der Waals surface area contributed by atoms with E-state index in [9.17, 15) is 8.42 Å². The van der Waals surface area contributed by atoms with Gasteiger partial charge in [0.25, 0.3) is 0 Å². The third kappa shape index (κ3) is 4.73. The van der Waals surface area contributed by atoms with Crippen molar-refractivity contribution < 1.29 is 17.3 Å². The number of nitrogens with zero attached hydrogens (tertiary/aromatic N) is 1. The Balaban J connectivity index is 1.43. The first-order valence-corrected chi connectivity index (χ1v) is 11.4. The molecule has 0 aliphatic carbocycles.